The second-order valence-electron chi connectivity index (χ2n) is 9.03. The number of benzene rings is 3. The molecule has 0 aliphatic heterocycles. The smallest absolute Gasteiger partial charge is 0.414 e. The minimum atomic E-state index is -4.50. The molecule has 3 aromatic rings. The van der Waals surface area contributed by atoms with E-state index in [1.807, 2.05) is 48.5 Å². The van der Waals surface area contributed by atoms with Gasteiger partial charge in [-0.2, -0.15) is 8.42 Å². The van der Waals surface area contributed by atoms with E-state index in [4.69, 9.17) is 9.47 Å². The quantitative estimate of drug-likeness (QED) is 0.157. The summed E-state index contributed by atoms with van der Waals surface area (Å²) in [7, 11) is -4.50. The zero-order valence-electron chi connectivity index (χ0n) is 21.5. The average Bonchev–Trinajstić information content (AvgIpc) is 3.24. The highest BCUT2D eigenvalue weighted by Crippen LogP contribution is 2.44. The van der Waals surface area contributed by atoms with Crippen LogP contribution < -0.4 is 10.2 Å². The fourth-order valence-electron chi connectivity index (χ4n) is 4.61. The standard InChI is InChI=1S/C29H30N2O7S/c1-3-16-37-28(32)18-30-14-15-31(27-17-21(39(34,35)36)13-12-20(27)2)29(33)38-19-26-24-10-6-4-8-22(24)23-9-5-7-11-25(23)26/h3-13,17,26,30H,1,14-16,18-19H2,2H3,(H,34,35,36). The van der Waals surface area contributed by atoms with Crippen molar-refractivity contribution < 1.29 is 32.0 Å². The third kappa shape index (κ3) is 6.54. The highest BCUT2D eigenvalue weighted by Gasteiger charge is 2.30. The number of esters is 1. The lowest BCUT2D eigenvalue weighted by molar-refractivity contribution is -0.141. The van der Waals surface area contributed by atoms with E-state index >= 15 is 0 Å². The van der Waals surface area contributed by atoms with Crippen LogP contribution in [-0.4, -0.2) is 57.9 Å². The van der Waals surface area contributed by atoms with Crippen molar-refractivity contribution in [3.05, 3.63) is 96.1 Å². The molecule has 1 aliphatic rings. The van der Waals surface area contributed by atoms with Crippen LogP contribution >= 0.6 is 0 Å². The summed E-state index contributed by atoms with van der Waals surface area (Å²) in [5.41, 5.74) is 5.16. The lowest BCUT2D eigenvalue weighted by Gasteiger charge is -2.25. The van der Waals surface area contributed by atoms with Gasteiger partial charge in [-0.3, -0.25) is 14.2 Å². The highest BCUT2D eigenvalue weighted by atomic mass is 32.2. The van der Waals surface area contributed by atoms with Crippen molar-refractivity contribution in [2.24, 2.45) is 0 Å². The Kier molecular flexibility index (Phi) is 8.80. The number of aryl methyl sites for hydroxylation is 1. The molecule has 39 heavy (non-hydrogen) atoms. The fraction of sp³-hybridized carbons (Fsp3) is 0.241. The van der Waals surface area contributed by atoms with Crippen LogP contribution in [0.15, 0.2) is 84.3 Å². The van der Waals surface area contributed by atoms with E-state index in [2.05, 4.69) is 11.9 Å². The maximum absolute atomic E-state index is 13.5. The van der Waals surface area contributed by atoms with Crippen LogP contribution in [0.1, 0.15) is 22.6 Å². The first-order valence-corrected chi connectivity index (χ1v) is 13.8. The van der Waals surface area contributed by atoms with Gasteiger partial charge in [-0.1, -0.05) is 67.3 Å². The molecule has 0 fully saturated rings. The Hall–Kier alpha value is -3.99. The molecule has 0 unspecified atom stereocenters. The summed E-state index contributed by atoms with van der Waals surface area (Å²) in [5, 5.41) is 2.91. The molecular formula is C29H30N2O7S. The molecule has 0 heterocycles. The molecule has 1 amide bonds. The van der Waals surface area contributed by atoms with Gasteiger partial charge in [0.2, 0.25) is 0 Å². The van der Waals surface area contributed by atoms with Crippen LogP contribution in [0.25, 0.3) is 11.1 Å². The van der Waals surface area contributed by atoms with Crippen LogP contribution in [0.5, 0.6) is 0 Å². The van der Waals surface area contributed by atoms with Gasteiger partial charge in [0.15, 0.2) is 0 Å². The van der Waals surface area contributed by atoms with Gasteiger partial charge in [-0.15, -0.1) is 0 Å². The van der Waals surface area contributed by atoms with Crippen LogP contribution in [-0.2, 0) is 24.4 Å². The average molecular weight is 551 g/mol. The Morgan fingerprint density at radius 1 is 1.03 bits per heavy atom. The molecule has 0 saturated heterocycles. The maximum Gasteiger partial charge on any atom is 0.414 e. The molecule has 2 N–H and O–H groups in total. The molecule has 9 nitrogen and oxygen atoms in total. The molecular weight excluding hydrogens is 520 g/mol. The summed E-state index contributed by atoms with van der Waals surface area (Å²) in [5.74, 6) is -0.640. The van der Waals surface area contributed by atoms with E-state index in [1.165, 1.54) is 29.2 Å². The Balaban J connectivity index is 1.54. The summed E-state index contributed by atoms with van der Waals surface area (Å²) >= 11 is 0. The van der Waals surface area contributed by atoms with Crippen molar-refractivity contribution in [1.29, 1.82) is 0 Å². The number of nitrogens with zero attached hydrogens (tertiary/aromatic N) is 1. The summed E-state index contributed by atoms with van der Waals surface area (Å²) in [4.78, 5) is 26.2. The normalized spacial score (nSPS) is 12.4. The van der Waals surface area contributed by atoms with Gasteiger partial charge in [-0.05, 0) is 46.9 Å². The van der Waals surface area contributed by atoms with Gasteiger partial charge in [0.25, 0.3) is 10.1 Å². The van der Waals surface area contributed by atoms with E-state index < -0.39 is 22.2 Å². The Labute approximate surface area is 227 Å². The van der Waals surface area contributed by atoms with Crippen LogP contribution in [0.4, 0.5) is 10.5 Å². The molecule has 204 valence electrons. The first kappa shape index (κ1) is 28.0. The lowest BCUT2D eigenvalue weighted by atomic mass is 9.98. The molecule has 10 heteroatoms. The maximum atomic E-state index is 13.5. The minimum absolute atomic E-state index is 0.0567. The lowest BCUT2D eigenvalue weighted by Crippen LogP contribution is -2.39. The number of rotatable bonds is 11. The summed E-state index contributed by atoms with van der Waals surface area (Å²) in [6.45, 7) is 5.52. The second kappa shape index (κ2) is 12.2. The topological polar surface area (TPSA) is 122 Å². The predicted molar refractivity (Wildman–Crippen MR) is 147 cm³/mol. The molecule has 0 radical (unpaired) electrons. The summed E-state index contributed by atoms with van der Waals surface area (Å²) in [6.07, 6.45) is 0.769. The largest absolute Gasteiger partial charge is 0.461 e. The number of ether oxygens (including phenoxy) is 2. The zero-order valence-corrected chi connectivity index (χ0v) is 22.3. The Morgan fingerprint density at radius 3 is 2.28 bits per heavy atom. The number of amides is 1. The predicted octanol–water partition coefficient (Wildman–Crippen LogP) is 4.32. The summed E-state index contributed by atoms with van der Waals surface area (Å²) < 4.78 is 43.9. The van der Waals surface area contributed by atoms with E-state index in [0.717, 1.165) is 22.3 Å². The highest BCUT2D eigenvalue weighted by molar-refractivity contribution is 7.85. The van der Waals surface area contributed by atoms with E-state index in [9.17, 15) is 22.6 Å². The number of nitrogens with one attached hydrogen (secondary N) is 1. The van der Waals surface area contributed by atoms with Gasteiger partial charge >= 0.3 is 12.1 Å². The minimum Gasteiger partial charge on any atom is -0.461 e. The van der Waals surface area contributed by atoms with Crippen molar-refractivity contribution in [3.8, 4) is 11.1 Å². The molecule has 4 rings (SSSR count). The molecule has 0 bridgehead atoms. The van der Waals surface area contributed by atoms with Crippen LogP contribution in [0.2, 0.25) is 0 Å². The monoisotopic (exact) mass is 550 g/mol. The third-order valence-electron chi connectivity index (χ3n) is 6.47. The molecule has 3 aromatic carbocycles. The van der Waals surface area contributed by atoms with E-state index in [-0.39, 0.29) is 49.3 Å². The van der Waals surface area contributed by atoms with Crippen molar-refractivity contribution in [3.63, 3.8) is 0 Å². The van der Waals surface area contributed by atoms with Gasteiger partial charge in [0.05, 0.1) is 17.1 Å². The van der Waals surface area contributed by atoms with Crippen molar-refractivity contribution in [2.75, 3.05) is 37.7 Å². The van der Waals surface area contributed by atoms with Gasteiger partial charge in [-0.25, -0.2) is 4.79 Å². The van der Waals surface area contributed by atoms with Gasteiger partial charge in [0.1, 0.15) is 13.2 Å². The number of hydrogen-bond acceptors (Lipinski definition) is 7. The van der Waals surface area contributed by atoms with Gasteiger partial charge < -0.3 is 14.8 Å². The van der Waals surface area contributed by atoms with Crippen molar-refractivity contribution in [1.82, 2.24) is 5.32 Å². The molecule has 0 aromatic heterocycles. The van der Waals surface area contributed by atoms with E-state index in [0.29, 0.717) is 5.56 Å². The summed E-state index contributed by atoms with van der Waals surface area (Å²) in [6, 6.07) is 19.9. The SMILES string of the molecule is C=CCOC(=O)CNCCN(C(=O)OCC1c2ccccc2-c2ccccc21)c1cc(S(=O)(=O)O)ccc1C. The van der Waals surface area contributed by atoms with Crippen molar-refractivity contribution in [2.45, 2.75) is 17.7 Å². The number of carbonyl (C=O) groups is 2. The first-order valence-electron chi connectivity index (χ1n) is 12.4. The zero-order chi connectivity index (χ0) is 28.0. The number of anilines is 1. The van der Waals surface area contributed by atoms with Crippen LogP contribution in [0.3, 0.4) is 0 Å². The van der Waals surface area contributed by atoms with Crippen molar-refractivity contribution >= 4 is 27.9 Å². The molecule has 0 atom stereocenters. The fourth-order valence-corrected chi connectivity index (χ4v) is 5.11. The van der Waals surface area contributed by atoms with Gasteiger partial charge in [0, 0.05) is 19.0 Å². The Bertz CT molecular complexity index is 1440. The molecule has 0 spiro atoms. The molecule has 0 saturated carbocycles. The number of carbonyl (C=O) groups excluding carboxylic acids is 2. The third-order valence-corrected chi connectivity index (χ3v) is 7.32. The number of hydrogen-bond donors (Lipinski definition) is 2. The Morgan fingerprint density at radius 2 is 1.67 bits per heavy atom. The van der Waals surface area contributed by atoms with E-state index in [1.54, 1.807) is 6.92 Å². The van der Waals surface area contributed by atoms with Crippen LogP contribution in [0, 0.1) is 6.92 Å². The second-order valence-corrected chi connectivity index (χ2v) is 10.4. The number of fused-ring (bicyclic) bond motifs is 3. The first-order chi connectivity index (χ1) is 18.7. The molecule has 1 aliphatic carbocycles.